The molecule has 0 saturated carbocycles. The van der Waals surface area contributed by atoms with Gasteiger partial charge in [0.2, 0.25) is 6.43 Å². The van der Waals surface area contributed by atoms with E-state index < -0.39 is 37.1 Å². The first-order chi connectivity index (χ1) is 5.97. The molecule has 0 saturated heterocycles. The predicted molar refractivity (Wildman–Crippen MR) is 38.4 cm³/mol. The number of aliphatic carboxylic acids is 1. The van der Waals surface area contributed by atoms with Crippen LogP contribution in [0.4, 0.5) is 8.78 Å². The Kier molecular flexibility index (Phi) is 4.94. The molecule has 0 unspecified atom stereocenters. The highest BCUT2D eigenvalue weighted by Gasteiger charge is 2.26. The van der Waals surface area contributed by atoms with Gasteiger partial charge in [0.15, 0.2) is 0 Å². The van der Waals surface area contributed by atoms with Crippen molar-refractivity contribution in [2.24, 2.45) is 5.92 Å². The maximum absolute atomic E-state index is 12.1. The topological polar surface area (TPSA) is 63.6 Å². The first-order valence-corrected chi connectivity index (χ1v) is 3.54. The van der Waals surface area contributed by atoms with E-state index in [0.717, 1.165) is 7.11 Å². The van der Waals surface area contributed by atoms with Gasteiger partial charge in [0.05, 0.1) is 20.0 Å². The number of alkyl halides is 2. The Balaban J connectivity index is 4.09. The van der Waals surface area contributed by atoms with E-state index in [4.69, 9.17) is 5.11 Å². The average Bonchev–Trinajstić information content (AvgIpc) is 2.02. The molecular weight excluding hydrogens is 186 g/mol. The highest BCUT2D eigenvalue weighted by molar-refractivity contribution is 5.72. The summed E-state index contributed by atoms with van der Waals surface area (Å²) in [7, 11) is 1.06. The number of ether oxygens (including phenoxy) is 1. The second kappa shape index (κ2) is 5.45. The minimum absolute atomic E-state index is 0.569. The molecule has 76 valence electrons. The number of halogens is 2. The van der Waals surface area contributed by atoms with Crippen LogP contribution in [0.2, 0.25) is 0 Å². The first-order valence-electron chi connectivity index (χ1n) is 3.54. The lowest BCUT2D eigenvalue weighted by Gasteiger charge is -2.11. The molecule has 1 N–H and O–H groups in total. The molecular formula is C7H10F2O4. The van der Waals surface area contributed by atoms with E-state index in [1.807, 2.05) is 0 Å². The molecule has 0 aliphatic rings. The quantitative estimate of drug-likeness (QED) is 0.663. The van der Waals surface area contributed by atoms with Gasteiger partial charge in [0, 0.05) is 5.92 Å². The monoisotopic (exact) mass is 196 g/mol. The number of hydrogen-bond acceptors (Lipinski definition) is 3. The second-order valence-corrected chi connectivity index (χ2v) is 2.47. The Morgan fingerprint density at radius 2 is 1.92 bits per heavy atom. The van der Waals surface area contributed by atoms with Crippen LogP contribution in [-0.4, -0.2) is 30.6 Å². The van der Waals surface area contributed by atoms with E-state index in [1.54, 1.807) is 0 Å². The molecule has 1 atom stereocenters. The number of rotatable bonds is 5. The van der Waals surface area contributed by atoms with Crippen molar-refractivity contribution in [1.82, 2.24) is 0 Å². The van der Waals surface area contributed by atoms with Gasteiger partial charge in [-0.15, -0.1) is 0 Å². The highest BCUT2D eigenvalue weighted by atomic mass is 19.3. The summed E-state index contributed by atoms with van der Waals surface area (Å²) in [6.07, 6.45) is -4.12. The summed E-state index contributed by atoms with van der Waals surface area (Å²) in [5, 5.41) is 8.23. The average molecular weight is 196 g/mol. The number of methoxy groups -OCH3 is 1. The standard InChI is InChI=1S/C7H10F2O4/c1-13-6(12)3-4(7(8)9)2-5(10)11/h4,7H,2-3H2,1H3,(H,10,11)/t4-/m0/s1. The first kappa shape index (κ1) is 11.8. The van der Waals surface area contributed by atoms with E-state index in [2.05, 4.69) is 4.74 Å². The van der Waals surface area contributed by atoms with Crippen molar-refractivity contribution in [2.75, 3.05) is 7.11 Å². The third-order valence-corrected chi connectivity index (χ3v) is 1.45. The van der Waals surface area contributed by atoms with Crippen LogP contribution in [0.1, 0.15) is 12.8 Å². The van der Waals surface area contributed by atoms with Crippen LogP contribution in [0, 0.1) is 5.92 Å². The third-order valence-electron chi connectivity index (χ3n) is 1.45. The van der Waals surface area contributed by atoms with E-state index >= 15 is 0 Å². The van der Waals surface area contributed by atoms with Gasteiger partial charge < -0.3 is 9.84 Å². The van der Waals surface area contributed by atoms with E-state index in [9.17, 15) is 18.4 Å². The smallest absolute Gasteiger partial charge is 0.306 e. The normalized spacial score (nSPS) is 12.6. The zero-order valence-corrected chi connectivity index (χ0v) is 7.00. The number of carbonyl (C=O) groups is 2. The minimum Gasteiger partial charge on any atom is -0.481 e. The maximum Gasteiger partial charge on any atom is 0.306 e. The van der Waals surface area contributed by atoms with Crippen molar-refractivity contribution in [3.63, 3.8) is 0 Å². The Morgan fingerprint density at radius 3 is 2.23 bits per heavy atom. The van der Waals surface area contributed by atoms with Gasteiger partial charge in [-0.2, -0.15) is 0 Å². The fourth-order valence-corrected chi connectivity index (χ4v) is 0.772. The summed E-state index contributed by atoms with van der Waals surface area (Å²) in [5.74, 6) is -3.65. The van der Waals surface area contributed by atoms with Gasteiger partial charge in [-0.25, -0.2) is 8.78 Å². The summed E-state index contributed by atoms with van der Waals surface area (Å²) in [5.41, 5.74) is 0. The second-order valence-electron chi connectivity index (χ2n) is 2.47. The van der Waals surface area contributed by atoms with Gasteiger partial charge in [-0.05, 0) is 0 Å². The van der Waals surface area contributed by atoms with Crippen LogP contribution in [0.25, 0.3) is 0 Å². The molecule has 0 aromatic rings. The van der Waals surface area contributed by atoms with Gasteiger partial charge in [0.1, 0.15) is 0 Å². The van der Waals surface area contributed by atoms with Crippen LogP contribution in [-0.2, 0) is 14.3 Å². The molecule has 0 bridgehead atoms. The zero-order valence-electron chi connectivity index (χ0n) is 7.00. The fraction of sp³-hybridized carbons (Fsp3) is 0.714. The van der Waals surface area contributed by atoms with E-state index in [-0.39, 0.29) is 0 Å². The number of esters is 1. The molecule has 4 nitrogen and oxygen atoms in total. The van der Waals surface area contributed by atoms with Crippen LogP contribution >= 0.6 is 0 Å². The lowest BCUT2D eigenvalue weighted by Crippen LogP contribution is -2.20. The van der Waals surface area contributed by atoms with Crippen LogP contribution < -0.4 is 0 Å². The van der Waals surface area contributed by atoms with Crippen molar-refractivity contribution in [2.45, 2.75) is 19.3 Å². The third kappa shape index (κ3) is 5.10. The lowest BCUT2D eigenvalue weighted by molar-refractivity contribution is -0.145. The van der Waals surface area contributed by atoms with Gasteiger partial charge >= 0.3 is 11.9 Å². The largest absolute Gasteiger partial charge is 0.481 e. The Hall–Kier alpha value is -1.20. The highest BCUT2D eigenvalue weighted by Crippen LogP contribution is 2.18. The molecule has 6 heteroatoms. The summed E-state index contributed by atoms with van der Waals surface area (Å²) >= 11 is 0. The van der Waals surface area contributed by atoms with Gasteiger partial charge in [-0.3, -0.25) is 9.59 Å². The van der Waals surface area contributed by atoms with Crippen LogP contribution in [0.3, 0.4) is 0 Å². The van der Waals surface area contributed by atoms with Crippen molar-refractivity contribution in [1.29, 1.82) is 0 Å². The molecule has 0 fully saturated rings. The van der Waals surface area contributed by atoms with E-state index in [1.165, 1.54) is 0 Å². The molecule has 0 heterocycles. The molecule has 0 aliphatic carbocycles. The summed E-state index contributed by atoms with van der Waals surface area (Å²) in [4.78, 5) is 20.7. The number of hydrogen-bond donors (Lipinski definition) is 1. The SMILES string of the molecule is COC(=O)C[C@H](CC(=O)O)C(F)F. The summed E-state index contributed by atoms with van der Waals surface area (Å²) < 4.78 is 28.3. The number of carbonyl (C=O) groups excluding carboxylic acids is 1. The fourth-order valence-electron chi connectivity index (χ4n) is 0.772. The van der Waals surface area contributed by atoms with Crippen molar-refractivity contribution in [3.8, 4) is 0 Å². The molecule has 0 amide bonds. The molecule has 0 spiro atoms. The molecule has 0 rings (SSSR count). The lowest BCUT2D eigenvalue weighted by atomic mass is 10.0. The molecule has 0 aromatic heterocycles. The van der Waals surface area contributed by atoms with Crippen LogP contribution in [0.15, 0.2) is 0 Å². The number of carboxylic acids is 1. The zero-order chi connectivity index (χ0) is 10.4. The van der Waals surface area contributed by atoms with Gasteiger partial charge in [0.25, 0.3) is 0 Å². The predicted octanol–water partition coefficient (Wildman–Crippen LogP) is 0.905. The molecule has 0 aliphatic heterocycles. The molecule has 0 radical (unpaired) electrons. The van der Waals surface area contributed by atoms with Gasteiger partial charge in [-0.1, -0.05) is 0 Å². The van der Waals surface area contributed by atoms with Crippen molar-refractivity contribution >= 4 is 11.9 Å². The van der Waals surface area contributed by atoms with Crippen LogP contribution in [0.5, 0.6) is 0 Å². The molecule has 0 aromatic carbocycles. The Bertz CT molecular complexity index is 193. The number of carboxylic acid groups (broad SMARTS) is 1. The Morgan fingerprint density at radius 1 is 1.38 bits per heavy atom. The summed E-state index contributed by atoms with van der Waals surface area (Å²) in [6, 6.07) is 0. The Labute approximate surface area is 73.5 Å². The minimum atomic E-state index is -2.82. The van der Waals surface area contributed by atoms with Crippen molar-refractivity contribution in [3.05, 3.63) is 0 Å². The summed E-state index contributed by atoms with van der Waals surface area (Å²) in [6.45, 7) is 0. The maximum atomic E-state index is 12.1. The van der Waals surface area contributed by atoms with E-state index in [0.29, 0.717) is 0 Å². The van der Waals surface area contributed by atoms with Crippen molar-refractivity contribution < 1.29 is 28.2 Å². The molecule has 13 heavy (non-hydrogen) atoms.